The first-order valence-electron chi connectivity index (χ1n) is 11.2. The Hall–Kier alpha value is -3.72. The fourth-order valence-corrected chi connectivity index (χ4v) is 3.99. The molecule has 3 N–H and O–H groups in total. The van der Waals surface area contributed by atoms with Gasteiger partial charge in [0.05, 0.1) is 0 Å². The molecule has 3 aromatic rings. The van der Waals surface area contributed by atoms with E-state index in [1.165, 1.54) is 0 Å². The molecule has 1 heterocycles. The van der Waals surface area contributed by atoms with Crippen molar-refractivity contribution < 1.29 is 19.1 Å². The summed E-state index contributed by atoms with van der Waals surface area (Å²) in [5, 5.41) is 2.68. The first-order valence-corrected chi connectivity index (χ1v) is 12.6. The summed E-state index contributed by atoms with van der Waals surface area (Å²) >= 11 is 1.56. The topological polar surface area (TPSA) is 101 Å². The minimum atomic E-state index is -0.809. The number of rotatable bonds is 10. The number of aromatic nitrogens is 1. The quantitative estimate of drug-likeness (QED) is 0.376. The highest BCUT2D eigenvalue weighted by atomic mass is 32.2. The fourth-order valence-electron chi connectivity index (χ4n) is 3.52. The van der Waals surface area contributed by atoms with Gasteiger partial charge in [-0.3, -0.25) is 25.2 Å². The van der Waals surface area contributed by atoms with Crippen molar-refractivity contribution in [3.05, 3.63) is 83.7 Å². The van der Waals surface area contributed by atoms with Crippen LogP contribution < -0.4 is 20.9 Å². The number of carbonyl (C=O) groups excluding carboxylic acids is 3. The molecule has 9 heteroatoms. The average Bonchev–Trinajstić information content (AvgIpc) is 3.21. The van der Waals surface area contributed by atoms with E-state index in [9.17, 15) is 14.4 Å². The van der Waals surface area contributed by atoms with Gasteiger partial charge in [-0.2, -0.15) is 11.8 Å². The third kappa shape index (κ3) is 7.38. The Morgan fingerprint density at radius 1 is 0.914 bits per heavy atom. The lowest BCUT2D eigenvalue weighted by molar-refractivity contribution is -0.130. The molecule has 184 valence electrons. The summed E-state index contributed by atoms with van der Waals surface area (Å²) in [6, 6.07) is 19.3. The maximum absolute atomic E-state index is 12.7. The lowest BCUT2D eigenvalue weighted by Crippen LogP contribution is -2.53. The molecule has 0 aliphatic rings. The Balaban J connectivity index is 1.54. The number of carbonyl (C=O) groups is 3. The van der Waals surface area contributed by atoms with Crippen molar-refractivity contribution in [2.75, 3.05) is 18.6 Å². The highest BCUT2D eigenvalue weighted by Crippen LogP contribution is 2.17. The zero-order valence-corrected chi connectivity index (χ0v) is 20.9. The number of ether oxygens (including phenoxy) is 1. The molecule has 1 aromatic heterocycles. The Bertz CT molecular complexity index is 1130. The zero-order chi connectivity index (χ0) is 25.2. The number of hydrogen-bond acceptors (Lipinski definition) is 5. The van der Waals surface area contributed by atoms with Gasteiger partial charge in [0.2, 0.25) is 0 Å². The maximum atomic E-state index is 12.7. The van der Waals surface area contributed by atoms with Crippen LogP contribution in [0.5, 0.6) is 5.75 Å². The van der Waals surface area contributed by atoms with Crippen LogP contribution in [0.4, 0.5) is 0 Å². The molecule has 0 aliphatic heterocycles. The van der Waals surface area contributed by atoms with Crippen molar-refractivity contribution >= 4 is 29.5 Å². The second-order valence-corrected chi connectivity index (χ2v) is 8.93. The van der Waals surface area contributed by atoms with Gasteiger partial charge < -0.3 is 14.6 Å². The van der Waals surface area contributed by atoms with Crippen LogP contribution in [0.1, 0.15) is 28.2 Å². The van der Waals surface area contributed by atoms with Gasteiger partial charge >= 0.3 is 0 Å². The van der Waals surface area contributed by atoms with Gasteiger partial charge in [-0.05, 0) is 80.8 Å². The summed E-state index contributed by atoms with van der Waals surface area (Å²) in [5.74, 6) is -0.157. The number of nitrogens with one attached hydrogen (secondary N) is 3. The van der Waals surface area contributed by atoms with Gasteiger partial charge in [-0.25, -0.2) is 0 Å². The predicted octanol–water partition coefficient (Wildman–Crippen LogP) is 3.17. The van der Waals surface area contributed by atoms with E-state index in [0.717, 1.165) is 17.1 Å². The second-order valence-electron chi connectivity index (χ2n) is 7.95. The third-order valence-electron chi connectivity index (χ3n) is 5.33. The molecule has 0 unspecified atom stereocenters. The number of hydrogen-bond donors (Lipinski definition) is 3. The lowest BCUT2D eigenvalue weighted by atomic mass is 10.2. The molecule has 3 amide bonds. The van der Waals surface area contributed by atoms with Crippen LogP contribution in [0.25, 0.3) is 5.69 Å². The minimum absolute atomic E-state index is 0.216. The Labute approximate surface area is 209 Å². The van der Waals surface area contributed by atoms with Crippen LogP contribution in [-0.4, -0.2) is 46.9 Å². The van der Waals surface area contributed by atoms with Gasteiger partial charge in [-0.1, -0.05) is 18.2 Å². The average molecular weight is 495 g/mol. The van der Waals surface area contributed by atoms with Crippen molar-refractivity contribution in [3.63, 3.8) is 0 Å². The minimum Gasteiger partial charge on any atom is -0.484 e. The third-order valence-corrected chi connectivity index (χ3v) is 5.98. The number of nitrogens with zero attached hydrogens (tertiary/aromatic N) is 1. The summed E-state index contributed by atoms with van der Waals surface area (Å²) in [6.07, 6.45) is 2.32. The molecule has 0 spiro atoms. The van der Waals surface area contributed by atoms with Gasteiger partial charge in [0.15, 0.2) is 6.61 Å². The highest BCUT2D eigenvalue weighted by Gasteiger charge is 2.21. The largest absolute Gasteiger partial charge is 0.484 e. The van der Waals surface area contributed by atoms with E-state index >= 15 is 0 Å². The SMILES string of the molecule is CSCC[C@@H](NC(=O)COc1ccccc1)C(=O)NNC(=O)c1ccc(-n2c(C)ccc2C)cc1. The Kier molecular flexibility index (Phi) is 9.37. The van der Waals surface area contributed by atoms with Crippen LogP contribution in [-0.2, 0) is 9.59 Å². The van der Waals surface area contributed by atoms with E-state index in [-0.39, 0.29) is 6.61 Å². The molecule has 0 saturated heterocycles. The van der Waals surface area contributed by atoms with E-state index in [4.69, 9.17) is 4.74 Å². The van der Waals surface area contributed by atoms with Crippen molar-refractivity contribution in [2.24, 2.45) is 0 Å². The smallest absolute Gasteiger partial charge is 0.269 e. The summed E-state index contributed by atoms with van der Waals surface area (Å²) in [5.41, 5.74) is 8.39. The molecule has 0 saturated carbocycles. The summed E-state index contributed by atoms with van der Waals surface area (Å²) in [7, 11) is 0. The molecular weight excluding hydrogens is 464 g/mol. The number of hydrazine groups is 1. The number of amides is 3. The van der Waals surface area contributed by atoms with Gasteiger partial charge in [-0.15, -0.1) is 0 Å². The highest BCUT2D eigenvalue weighted by molar-refractivity contribution is 7.98. The summed E-state index contributed by atoms with van der Waals surface area (Å²) < 4.78 is 7.53. The van der Waals surface area contributed by atoms with Crippen LogP contribution >= 0.6 is 11.8 Å². The molecule has 0 bridgehead atoms. The number of thioether (sulfide) groups is 1. The molecule has 1 atom stereocenters. The van der Waals surface area contributed by atoms with Crippen molar-refractivity contribution in [1.29, 1.82) is 0 Å². The van der Waals surface area contributed by atoms with E-state index < -0.39 is 23.8 Å². The molecule has 0 fully saturated rings. The normalized spacial score (nSPS) is 11.4. The molecule has 2 aromatic carbocycles. The Morgan fingerprint density at radius 2 is 1.57 bits per heavy atom. The van der Waals surface area contributed by atoms with E-state index in [2.05, 4.69) is 20.7 Å². The van der Waals surface area contributed by atoms with Crippen molar-refractivity contribution in [2.45, 2.75) is 26.3 Å². The summed E-state index contributed by atoms with van der Waals surface area (Å²) in [6.45, 7) is 3.82. The van der Waals surface area contributed by atoms with Gasteiger partial charge in [0.1, 0.15) is 11.8 Å². The standard InChI is InChI=1S/C26H30N4O4S/c1-18-9-10-19(2)30(18)21-13-11-20(12-14-21)25(32)28-29-26(33)23(15-16-35-3)27-24(31)17-34-22-7-5-4-6-8-22/h4-14,23H,15-17H2,1-3H3,(H,27,31)(H,28,32)(H,29,33)/t23-/m1/s1. The van der Waals surface area contributed by atoms with Crippen LogP contribution in [0.2, 0.25) is 0 Å². The first kappa shape index (κ1) is 25.9. The lowest BCUT2D eigenvalue weighted by Gasteiger charge is -2.18. The summed E-state index contributed by atoms with van der Waals surface area (Å²) in [4.78, 5) is 37.6. The van der Waals surface area contributed by atoms with E-state index in [1.807, 2.05) is 50.4 Å². The molecule has 35 heavy (non-hydrogen) atoms. The Morgan fingerprint density at radius 3 is 2.20 bits per heavy atom. The molecule has 0 aliphatic carbocycles. The van der Waals surface area contributed by atoms with Gasteiger partial charge in [0.25, 0.3) is 17.7 Å². The first-order chi connectivity index (χ1) is 16.9. The maximum Gasteiger partial charge on any atom is 0.269 e. The molecule has 3 rings (SSSR count). The molecule has 8 nitrogen and oxygen atoms in total. The van der Waals surface area contributed by atoms with Crippen molar-refractivity contribution in [3.8, 4) is 11.4 Å². The molecule has 0 radical (unpaired) electrons. The predicted molar refractivity (Wildman–Crippen MR) is 138 cm³/mol. The monoisotopic (exact) mass is 494 g/mol. The number of aryl methyl sites for hydroxylation is 2. The van der Waals surface area contributed by atoms with Crippen molar-refractivity contribution in [1.82, 2.24) is 20.7 Å². The van der Waals surface area contributed by atoms with E-state index in [0.29, 0.717) is 23.5 Å². The van der Waals surface area contributed by atoms with Crippen LogP contribution in [0.15, 0.2) is 66.7 Å². The molecular formula is C26H30N4O4S. The van der Waals surface area contributed by atoms with Gasteiger partial charge in [0, 0.05) is 22.6 Å². The fraction of sp³-hybridized carbons (Fsp3) is 0.269. The zero-order valence-electron chi connectivity index (χ0n) is 20.0. The van der Waals surface area contributed by atoms with Crippen LogP contribution in [0.3, 0.4) is 0 Å². The second kappa shape index (κ2) is 12.7. The number of benzene rings is 2. The number of para-hydroxylation sites is 1. The van der Waals surface area contributed by atoms with Crippen LogP contribution in [0, 0.1) is 13.8 Å². The van der Waals surface area contributed by atoms with E-state index in [1.54, 1.807) is 48.2 Å².